The summed E-state index contributed by atoms with van der Waals surface area (Å²) in [5, 5.41) is 1.25. The average Bonchev–Trinajstić information content (AvgIpc) is 2.73. The van der Waals surface area contributed by atoms with Gasteiger partial charge in [0.05, 0.1) is 0 Å². The molecule has 2 radical (unpaired) electrons. The number of anilines is 1. The van der Waals surface area contributed by atoms with Gasteiger partial charge in [0.2, 0.25) is 0 Å². The summed E-state index contributed by atoms with van der Waals surface area (Å²) in [7, 11) is 5.78. The third-order valence-electron chi connectivity index (χ3n) is 3.33. The van der Waals surface area contributed by atoms with Gasteiger partial charge < -0.3 is 9.88 Å². The maximum atomic E-state index is 5.78. The average molecular weight is 210 g/mol. The Kier molecular flexibility index (Phi) is 2.39. The highest BCUT2D eigenvalue weighted by Crippen LogP contribution is 2.23. The number of H-pyrrole nitrogens is 1. The number of fused-ring (bicyclic) bond motifs is 1. The van der Waals surface area contributed by atoms with Gasteiger partial charge in [0, 0.05) is 24.0 Å². The molecule has 2 aromatic rings. The van der Waals surface area contributed by atoms with E-state index in [1.807, 2.05) is 12.1 Å². The van der Waals surface area contributed by atoms with Crippen LogP contribution in [0.5, 0.6) is 0 Å². The molecule has 1 aliphatic heterocycles. The van der Waals surface area contributed by atoms with Crippen molar-refractivity contribution in [2.75, 3.05) is 18.0 Å². The van der Waals surface area contributed by atoms with E-state index in [0.717, 1.165) is 11.0 Å². The standard InChI is InChI=1S/C13H15BN2/c14-11-5-4-10-8-13(15-12(10)9-11)16-6-2-1-3-7-16/h4-5,8-9,15H,1-3,6-7H2. The first-order valence-electron chi connectivity index (χ1n) is 5.96. The molecule has 2 nitrogen and oxygen atoms in total. The smallest absolute Gasteiger partial charge is 0.113 e. The Labute approximate surface area is 97.1 Å². The molecule has 80 valence electrons. The van der Waals surface area contributed by atoms with E-state index in [0.29, 0.717) is 0 Å². The van der Waals surface area contributed by atoms with Crippen molar-refractivity contribution in [1.29, 1.82) is 0 Å². The fraction of sp³-hybridized carbons (Fsp3) is 0.385. The highest BCUT2D eigenvalue weighted by molar-refractivity contribution is 6.33. The molecule has 0 aliphatic carbocycles. The number of rotatable bonds is 1. The highest BCUT2D eigenvalue weighted by Gasteiger charge is 2.12. The Balaban J connectivity index is 1.97. The fourth-order valence-electron chi connectivity index (χ4n) is 2.43. The van der Waals surface area contributed by atoms with E-state index < -0.39 is 0 Å². The van der Waals surface area contributed by atoms with E-state index in [9.17, 15) is 0 Å². The quantitative estimate of drug-likeness (QED) is 0.712. The SMILES string of the molecule is [B]c1ccc2cc(N3CCCCC3)[nH]c2c1. The predicted octanol–water partition coefficient (Wildman–Crippen LogP) is 1.95. The minimum Gasteiger partial charge on any atom is -0.358 e. The van der Waals surface area contributed by atoms with Crippen LogP contribution in [0.2, 0.25) is 0 Å². The highest BCUT2D eigenvalue weighted by atomic mass is 15.2. The van der Waals surface area contributed by atoms with Crippen LogP contribution in [0.4, 0.5) is 5.82 Å². The minimum absolute atomic E-state index is 0.819. The molecule has 2 heterocycles. The van der Waals surface area contributed by atoms with Crippen molar-refractivity contribution in [3.63, 3.8) is 0 Å². The topological polar surface area (TPSA) is 19.0 Å². The van der Waals surface area contributed by atoms with E-state index >= 15 is 0 Å². The summed E-state index contributed by atoms with van der Waals surface area (Å²) in [5.74, 6) is 1.24. The maximum absolute atomic E-state index is 5.78. The lowest BCUT2D eigenvalue weighted by molar-refractivity contribution is 0.574. The lowest BCUT2D eigenvalue weighted by Crippen LogP contribution is -2.29. The first kappa shape index (κ1) is 9.82. The van der Waals surface area contributed by atoms with Gasteiger partial charge in [0.15, 0.2) is 0 Å². The van der Waals surface area contributed by atoms with E-state index in [-0.39, 0.29) is 0 Å². The summed E-state index contributed by atoms with van der Waals surface area (Å²) in [5.41, 5.74) is 1.96. The monoisotopic (exact) mass is 210 g/mol. The third-order valence-corrected chi connectivity index (χ3v) is 3.33. The van der Waals surface area contributed by atoms with Crippen molar-refractivity contribution in [3.05, 3.63) is 24.3 Å². The largest absolute Gasteiger partial charge is 0.358 e. The molecule has 16 heavy (non-hydrogen) atoms. The van der Waals surface area contributed by atoms with Gasteiger partial charge in [-0.05, 0) is 31.4 Å². The molecule has 0 spiro atoms. The van der Waals surface area contributed by atoms with Crippen molar-refractivity contribution in [2.24, 2.45) is 0 Å². The van der Waals surface area contributed by atoms with Crippen LogP contribution < -0.4 is 10.4 Å². The van der Waals surface area contributed by atoms with Gasteiger partial charge >= 0.3 is 0 Å². The minimum atomic E-state index is 0.819. The molecular weight excluding hydrogens is 195 g/mol. The second-order valence-corrected chi connectivity index (χ2v) is 4.55. The Morgan fingerprint density at radius 3 is 2.69 bits per heavy atom. The number of nitrogens with one attached hydrogen (secondary N) is 1. The molecule has 3 heteroatoms. The summed E-state index contributed by atoms with van der Waals surface area (Å²) in [4.78, 5) is 5.88. The zero-order chi connectivity index (χ0) is 11.0. The molecule has 3 rings (SSSR count). The van der Waals surface area contributed by atoms with Crippen LogP contribution in [0.25, 0.3) is 10.9 Å². The zero-order valence-electron chi connectivity index (χ0n) is 9.37. The Morgan fingerprint density at radius 2 is 1.88 bits per heavy atom. The zero-order valence-corrected chi connectivity index (χ0v) is 9.37. The number of aromatic amines is 1. The summed E-state index contributed by atoms with van der Waals surface area (Å²) in [6.07, 6.45) is 3.97. The van der Waals surface area contributed by atoms with Crippen molar-refractivity contribution in [3.8, 4) is 0 Å². The van der Waals surface area contributed by atoms with Gasteiger partial charge in [0.1, 0.15) is 13.7 Å². The second kappa shape index (κ2) is 3.89. The van der Waals surface area contributed by atoms with Gasteiger partial charge in [-0.25, -0.2) is 0 Å². The number of benzene rings is 1. The normalized spacial score (nSPS) is 16.9. The molecule has 1 aromatic heterocycles. The van der Waals surface area contributed by atoms with Crippen molar-refractivity contribution < 1.29 is 0 Å². The van der Waals surface area contributed by atoms with Gasteiger partial charge in [-0.2, -0.15) is 0 Å². The molecule has 0 bridgehead atoms. The van der Waals surface area contributed by atoms with Crippen LogP contribution in [0.3, 0.4) is 0 Å². The van der Waals surface area contributed by atoms with Crippen molar-refractivity contribution in [2.45, 2.75) is 19.3 Å². The van der Waals surface area contributed by atoms with Crippen LogP contribution >= 0.6 is 0 Å². The summed E-state index contributed by atoms with van der Waals surface area (Å²) >= 11 is 0. The molecule has 1 N–H and O–H groups in total. The summed E-state index contributed by atoms with van der Waals surface area (Å²) in [6, 6.07) is 8.26. The van der Waals surface area contributed by atoms with E-state index in [4.69, 9.17) is 7.85 Å². The molecule has 0 atom stereocenters. The van der Waals surface area contributed by atoms with Crippen molar-refractivity contribution >= 4 is 30.0 Å². The Bertz CT molecular complexity index is 498. The number of piperidine rings is 1. The van der Waals surface area contributed by atoms with Crippen LogP contribution in [0.15, 0.2) is 24.3 Å². The van der Waals surface area contributed by atoms with Crippen LogP contribution in [0.1, 0.15) is 19.3 Å². The fourth-order valence-corrected chi connectivity index (χ4v) is 2.43. The molecule has 1 fully saturated rings. The van der Waals surface area contributed by atoms with Crippen LogP contribution in [-0.2, 0) is 0 Å². The molecule has 1 saturated heterocycles. The lowest BCUT2D eigenvalue weighted by Gasteiger charge is -2.27. The lowest BCUT2D eigenvalue weighted by atomic mass is 9.96. The van der Waals surface area contributed by atoms with E-state index in [1.54, 1.807) is 0 Å². The molecule has 1 aliphatic rings. The third kappa shape index (κ3) is 1.71. The number of hydrogen-bond donors (Lipinski definition) is 1. The van der Waals surface area contributed by atoms with Gasteiger partial charge in [-0.1, -0.05) is 17.6 Å². The van der Waals surface area contributed by atoms with E-state index in [2.05, 4.69) is 22.0 Å². The molecular formula is C13H15BN2. The maximum Gasteiger partial charge on any atom is 0.113 e. The van der Waals surface area contributed by atoms with Crippen LogP contribution in [-0.4, -0.2) is 25.9 Å². The summed E-state index contributed by atoms with van der Waals surface area (Å²) < 4.78 is 0. The number of aromatic nitrogens is 1. The Hall–Kier alpha value is -1.38. The number of hydrogen-bond acceptors (Lipinski definition) is 1. The molecule has 0 amide bonds. The first-order chi connectivity index (χ1) is 7.83. The van der Waals surface area contributed by atoms with E-state index in [1.165, 1.54) is 43.6 Å². The Morgan fingerprint density at radius 1 is 1.06 bits per heavy atom. The second-order valence-electron chi connectivity index (χ2n) is 4.55. The van der Waals surface area contributed by atoms with Gasteiger partial charge in [-0.15, -0.1) is 0 Å². The van der Waals surface area contributed by atoms with Crippen LogP contribution in [0, 0.1) is 0 Å². The van der Waals surface area contributed by atoms with Crippen molar-refractivity contribution in [1.82, 2.24) is 4.98 Å². The molecule has 0 saturated carbocycles. The van der Waals surface area contributed by atoms with Gasteiger partial charge in [0.25, 0.3) is 0 Å². The predicted molar refractivity (Wildman–Crippen MR) is 69.8 cm³/mol. The molecule has 0 unspecified atom stereocenters. The first-order valence-corrected chi connectivity index (χ1v) is 5.96. The van der Waals surface area contributed by atoms with Gasteiger partial charge in [-0.3, -0.25) is 0 Å². The summed E-state index contributed by atoms with van der Waals surface area (Å²) in [6.45, 7) is 2.34. The molecule has 1 aromatic carbocycles. The number of nitrogens with zero attached hydrogens (tertiary/aromatic N) is 1.